The summed E-state index contributed by atoms with van der Waals surface area (Å²) in [6.07, 6.45) is 0. The molecule has 0 saturated carbocycles. The van der Waals surface area contributed by atoms with Gasteiger partial charge in [-0.05, 0) is 42.5 Å². The molecule has 0 spiro atoms. The lowest BCUT2D eigenvalue weighted by molar-refractivity contribution is 0.765. The second-order valence-corrected chi connectivity index (χ2v) is 36.1. The zero-order valence-electron chi connectivity index (χ0n) is 16.2. The standard InChI is InChI=1S/C16H36P4S/c1-13(2,3)17-18(14(4,5)6)20(21,16(10,11)12)19(17)15(7,8)9/h1-12H3. The summed E-state index contributed by atoms with van der Waals surface area (Å²) in [6, 6.07) is 0. The summed E-state index contributed by atoms with van der Waals surface area (Å²) in [6.45, 7) is 29.7. The van der Waals surface area contributed by atoms with E-state index in [0.717, 1.165) is 0 Å². The van der Waals surface area contributed by atoms with Crippen molar-refractivity contribution in [2.24, 2.45) is 0 Å². The van der Waals surface area contributed by atoms with Gasteiger partial charge < -0.3 is 0 Å². The molecule has 0 aromatic heterocycles. The highest BCUT2D eigenvalue weighted by Crippen LogP contribution is 3.30. The molecule has 0 radical (unpaired) electrons. The first kappa shape index (κ1) is 21.0. The largest absolute Gasteiger partial charge is 0.0866 e. The molecule has 1 rings (SSSR count). The summed E-state index contributed by atoms with van der Waals surface area (Å²) in [5.74, 6) is 0. The van der Waals surface area contributed by atoms with E-state index >= 15 is 0 Å². The molecule has 1 aliphatic rings. The lowest BCUT2D eigenvalue weighted by Gasteiger charge is -2.71. The highest BCUT2D eigenvalue weighted by Gasteiger charge is 2.68. The maximum Gasteiger partial charge on any atom is 0.0135 e. The Morgan fingerprint density at radius 1 is 0.571 bits per heavy atom. The van der Waals surface area contributed by atoms with Crippen molar-refractivity contribution < 1.29 is 0 Å². The second kappa shape index (κ2) is 5.74. The van der Waals surface area contributed by atoms with Gasteiger partial charge in [-0.2, -0.15) is 0 Å². The van der Waals surface area contributed by atoms with E-state index in [9.17, 15) is 0 Å². The predicted octanol–water partition coefficient (Wildman–Crippen LogP) is 8.78. The Hall–Kier alpha value is 1.94. The van der Waals surface area contributed by atoms with E-state index in [0.29, 0.717) is 20.6 Å². The van der Waals surface area contributed by atoms with Gasteiger partial charge in [0.2, 0.25) is 0 Å². The number of hydrogen-bond acceptors (Lipinski definition) is 1. The van der Waals surface area contributed by atoms with E-state index in [2.05, 4.69) is 83.1 Å². The summed E-state index contributed by atoms with van der Waals surface area (Å²) < 4.78 is 0. The van der Waals surface area contributed by atoms with Gasteiger partial charge in [-0.25, -0.2) is 0 Å². The van der Waals surface area contributed by atoms with Gasteiger partial charge >= 0.3 is 0 Å². The molecule has 0 amide bonds. The van der Waals surface area contributed by atoms with Crippen molar-refractivity contribution in [3.63, 3.8) is 0 Å². The van der Waals surface area contributed by atoms with Gasteiger partial charge in [-0.15, -0.1) is 0 Å². The van der Waals surface area contributed by atoms with Crippen molar-refractivity contribution in [2.45, 2.75) is 104 Å². The Morgan fingerprint density at radius 3 is 1.00 bits per heavy atom. The first-order valence-corrected chi connectivity index (χ1v) is 17.5. The normalized spacial score (nSPS) is 35.5. The zero-order chi connectivity index (χ0) is 17.2. The molecule has 1 saturated heterocycles. The third kappa shape index (κ3) is 3.64. The third-order valence-corrected chi connectivity index (χ3v) is 56.6. The van der Waals surface area contributed by atoms with Crippen LogP contribution in [0.25, 0.3) is 0 Å². The van der Waals surface area contributed by atoms with Gasteiger partial charge in [0.1, 0.15) is 0 Å². The van der Waals surface area contributed by atoms with Gasteiger partial charge in [0.25, 0.3) is 0 Å². The van der Waals surface area contributed by atoms with Crippen LogP contribution in [0.1, 0.15) is 83.1 Å². The Balaban J connectivity index is 3.57. The summed E-state index contributed by atoms with van der Waals surface area (Å²) in [5, 5.41) is 1.63. The predicted molar refractivity (Wildman–Crippen MR) is 114 cm³/mol. The lowest BCUT2D eigenvalue weighted by atomic mass is 10.3. The third-order valence-electron chi connectivity index (χ3n) is 3.55. The molecule has 2 unspecified atom stereocenters. The van der Waals surface area contributed by atoms with Gasteiger partial charge in [-0.1, -0.05) is 94.9 Å². The minimum absolute atomic E-state index is 0.00791. The fourth-order valence-corrected chi connectivity index (χ4v) is 75.9. The fourth-order valence-electron chi connectivity index (χ4n) is 2.88. The van der Waals surface area contributed by atoms with Crippen LogP contribution >= 0.6 is 27.3 Å². The first-order chi connectivity index (χ1) is 8.86. The molecular weight excluding hydrogens is 348 g/mol. The maximum absolute atomic E-state index is 6.64. The van der Waals surface area contributed by atoms with E-state index in [1.165, 1.54) is 0 Å². The Kier molecular flexibility index (Phi) is 5.74. The van der Waals surface area contributed by atoms with Crippen molar-refractivity contribution in [2.75, 3.05) is 0 Å². The smallest absolute Gasteiger partial charge is 0.0135 e. The Morgan fingerprint density at radius 2 is 0.857 bits per heavy atom. The van der Waals surface area contributed by atoms with E-state index in [-0.39, 0.29) is 21.9 Å². The highest BCUT2D eigenvalue weighted by atomic mass is 33.2. The van der Waals surface area contributed by atoms with E-state index < -0.39 is 5.42 Å². The molecule has 0 nitrogen and oxygen atoms in total. The van der Waals surface area contributed by atoms with Crippen LogP contribution < -0.4 is 0 Å². The second-order valence-electron chi connectivity index (χ2n) is 10.1. The zero-order valence-corrected chi connectivity index (χ0v) is 20.6. The maximum atomic E-state index is 6.64. The Labute approximate surface area is 142 Å². The highest BCUT2D eigenvalue weighted by molar-refractivity contribution is 9.17. The van der Waals surface area contributed by atoms with E-state index in [1.807, 2.05) is 0 Å². The summed E-state index contributed by atoms with van der Waals surface area (Å²) in [5.41, 5.74) is -1.30. The summed E-state index contributed by atoms with van der Waals surface area (Å²) >= 11 is 6.64. The van der Waals surface area contributed by atoms with E-state index in [1.54, 1.807) is 0 Å². The average molecular weight is 384 g/mol. The fraction of sp³-hybridized carbons (Fsp3) is 1.00. The van der Waals surface area contributed by atoms with Crippen molar-refractivity contribution in [3.05, 3.63) is 0 Å². The molecule has 1 heterocycles. The molecule has 21 heavy (non-hydrogen) atoms. The van der Waals surface area contributed by atoms with Gasteiger partial charge in [0, 0.05) is 5.42 Å². The van der Waals surface area contributed by atoms with Crippen LogP contribution in [0.3, 0.4) is 0 Å². The number of hydrogen-bond donors (Lipinski definition) is 0. The van der Waals surface area contributed by atoms with E-state index in [4.69, 9.17) is 11.8 Å². The van der Waals surface area contributed by atoms with Crippen LogP contribution in [0.4, 0.5) is 0 Å². The number of rotatable bonds is 0. The molecule has 5 heteroatoms. The molecule has 1 fully saturated rings. The molecule has 126 valence electrons. The summed E-state index contributed by atoms with van der Waals surface area (Å²) in [4.78, 5) is 0. The molecule has 0 aromatic rings. The molecular formula is C16H36P4S. The van der Waals surface area contributed by atoms with Crippen molar-refractivity contribution in [3.8, 4) is 0 Å². The SMILES string of the molecule is CC(C)(C)P1P(C(C)(C)C)P(=S)(C(C)(C)C)P1C(C)(C)C. The van der Waals surface area contributed by atoms with Crippen molar-refractivity contribution in [1.29, 1.82) is 0 Å². The average Bonchev–Trinajstić information content (AvgIpc) is 2.03. The van der Waals surface area contributed by atoms with Crippen LogP contribution in [0.2, 0.25) is 0 Å². The Bertz CT molecular complexity index is 417. The lowest BCUT2D eigenvalue weighted by Crippen LogP contribution is -2.32. The quantitative estimate of drug-likeness (QED) is 0.376. The molecule has 0 N–H and O–H groups in total. The van der Waals surface area contributed by atoms with Crippen LogP contribution in [0.15, 0.2) is 0 Å². The molecule has 2 atom stereocenters. The molecule has 0 aliphatic carbocycles. The van der Waals surface area contributed by atoms with Gasteiger partial charge in [-0.3, -0.25) is 0 Å². The first-order valence-electron chi connectivity index (χ1n) is 7.88. The molecule has 1 aliphatic heterocycles. The van der Waals surface area contributed by atoms with Crippen LogP contribution in [0.5, 0.6) is 0 Å². The van der Waals surface area contributed by atoms with Crippen LogP contribution in [-0.4, -0.2) is 20.6 Å². The molecule has 0 bridgehead atoms. The van der Waals surface area contributed by atoms with Crippen molar-refractivity contribution in [1.82, 2.24) is 0 Å². The minimum atomic E-state index is -1.30. The van der Waals surface area contributed by atoms with Gasteiger partial charge in [0.05, 0.1) is 0 Å². The van der Waals surface area contributed by atoms with Crippen molar-refractivity contribution >= 4 is 39.1 Å². The van der Waals surface area contributed by atoms with Crippen LogP contribution in [-0.2, 0) is 11.8 Å². The van der Waals surface area contributed by atoms with Gasteiger partial charge in [0.15, 0.2) is 0 Å². The topological polar surface area (TPSA) is 0 Å². The van der Waals surface area contributed by atoms with Crippen LogP contribution in [0, 0.1) is 0 Å². The summed E-state index contributed by atoms with van der Waals surface area (Å²) in [7, 11) is 0.0650. The monoisotopic (exact) mass is 384 g/mol. The minimum Gasteiger partial charge on any atom is -0.0866 e. The molecule has 0 aromatic carbocycles.